The highest BCUT2D eigenvalue weighted by Crippen LogP contribution is 2.41. The van der Waals surface area contributed by atoms with Gasteiger partial charge in [0, 0.05) is 24.1 Å². The van der Waals surface area contributed by atoms with E-state index in [1.807, 2.05) is 25.7 Å². The molecule has 0 radical (unpaired) electrons. The molecule has 2 aliphatic heterocycles. The van der Waals surface area contributed by atoms with Crippen LogP contribution in [0.2, 0.25) is 0 Å². The van der Waals surface area contributed by atoms with Crippen molar-refractivity contribution in [2.45, 2.75) is 64.1 Å². The molecule has 2 unspecified atom stereocenters. The molecule has 3 rings (SSSR count). The molecule has 2 bridgehead atoms. The molecule has 0 aliphatic carbocycles. The third-order valence-electron chi connectivity index (χ3n) is 5.21. The van der Waals surface area contributed by atoms with Crippen molar-refractivity contribution in [3.05, 3.63) is 17.7 Å². The number of amides is 1. The standard InChI is InChI=1S/C20H28N2O5/c1-20(2,3)27-19(24)22-13-6-7-14(22)11-12(10-13)17(23)15-8-9-16(25-4)21-18(15)26-5/h8-9,12-14H,6-7,10-11H2,1-5H3. The van der Waals surface area contributed by atoms with Gasteiger partial charge in [-0.15, -0.1) is 0 Å². The number of carbonyl (C=O) groups is 2. The molecule has 1 amide bonds. The quantitative estimate of drug-likeness (QED) is 0.749. The van der Waals surface area contributed by atoms with Crippen LogP contribution in [0.3, 0.4) is 0 Å². The minimum Gasteiger partial charge on any atom is -0.481 e. The molecule has 27 heavy (non-hydrogen) atoms. The summed E-state index contributed by atoms with van der Waals surface area (Å²) in [6.07, 6.45) is 2.83. The monoisotopic (exact) mass is 376 g/mol. The number of ketones is 1. The third kappa shape index (κ3) is 4.01. The SMILES string of the molecule is COc1ccc(C(=O)C2CC3CCC(C2)N3C(=O)OC(C)(C)C)c(OC)n1. The summed E-state index contributed by atoms with van der Waals surface area (Å²) in [5, 5.41) is 0. The van der Waals surface area contributed by atoms with Crippen LogP contribution in [0.25, 0.3) is 0 Å². The summed E-state index contributed by atoms with van der Waals surface area (Å²) < 4.78 is 15.9. The van der Waals surface area contributed by atoms with Gasteiger partial charge in [0.1, 0.15) is 5.60 Å². The van der Waals surface area contributed by atoms with E-state index in [9.17, 15) is 9.59 Å². The molecule has 1 aromatic heterocycles. The third-order valence-corrected chi connectivity index (χ3v) is 5.21. The van der Waals surface area contributed by atoms with Gasteiger partial charge in [-0.3, -0.25) is 4.79 Å². The number of piperidine rings is 1. The van der Waals surface area contributed by atoms with Crippen LogP contribution in [-0.2, 0) is 4.74 Å². The van der Waals surface area contributed by atoms with E-state index in [1.54, 1.807) is 12.1 Å². The summed E-state index contributed by atoms with van der Waals surface area (Å²) in [6.45, 7) is 5.60. The van der Waals surface area contributed by atoms with Crippen molar-refractivity contribution in [3.63, 3.8) is 0 Å². The Morgan fingerprint density at radius 1 is 1.07 bits per heavy atom. The smallest absolute Gasteiger partial charge is 0.410 e. The minimum absolute atomic E-state index is 0.0164. The number of methoxy groups -OCH3 is 2. The molecule has 1 aromatic rings. The first-order valence-electron chi connectivity index (χ1n) is 9.38. The van der Waals surface area contributed by atoms with E-state index in [0.29, 0.717) is 24.3 Å². The molecular weight excluding hydrogens is 348 g/mol. The Labute approximate surface area is 160 Å². The van der Waals surface area contributed by atoms with Crippen molar-refractivity contribution >= 4 is 11.9 Å². The number of nitrogens with zero attached hydrogens (tertiary/aromatic N) is 2. The Morgan fingerprint density at radius 2 is 1.70 bits per heavy atom. The minimum atomic E-state index is -0.522. The zero-order valence-electron chi connectivity index (χ0n) is 16.7. The lowest BCUT2D eigenvalue weighted by atomic mass is 9.85. The predicted molar refractivity (Wildman–Crippen MR) is 99.3 cm³/mol. The molecule has 2 saturated heterocycles. The number of rotatable bonds is 4. The zero-order valence-corrected chi connectivity index (χ0v) is 16.7. The molecule has 0 aromatic carbocycles. The van der Waals surface area contributed by atoms with E-state index in [-0.39, 0.29) is 35.8 Å². The Hall–Kier alpha value is -2.31. The van der Waals surface area contributed by atoms with Crippen molar-refractivity contribution in [1.82, 2.24) is 9.88 Å². The van der Waals surface area contributed by atoms with E-state index >= 15 is 0 Å². The van der Waals surface area contributed by atoms with E-state index in [1.165, 1.54) is 14.2 Å². The van der Waals surface area contributed by atoms with Crippen LogP contribution in [0, 0.1) is 5.92 Å². The molecule has 2 fully saturated rings. The second-order valence-corrected chi connectivity index (χ2v) is 8.22. The van der Waals surface area contributed by atoms with Gasteiger partial charge >= 0.3 is 6.09 Å². The summed E-state index contributed by atoms with van der Waals surface area (Å²) in [5.41, 5.74) is -0.0564. The first kappa shape index (κ1) is 19.5. The maximum atomic E-state index is 13.1. The number of hydrogen-bond donors (Lipinski definition) is 0. The summed E-state index contributed by atoms with van der Waals surface area (Å²) in [5.74, 6) is 0.553. The Kier molecular flexibility index (Phi) is 5.31. The highest BCUT2D eigenvalue weighted by atomic mass is 16.6. The summed E-state index contributed by atoms with van der Waals surface area (Å²) >= 11 is 0. The van der Waals surface area contributed by atoms with Crippen LogP contribution in [0.15, 0.2) is 12.1 Å². The molecule has 7 nitrogen and oxygen atoms in total. The second-order valence-electron chi connectivity index (χ2n) is 8.22. The molecule has 0 saturated carbocycles. The summed E-state index contributed by atoms with van der Waals surface area (Å²) in [4.78, 5) is 31.7. The van der Waals surface area contributed by atoms with E-state index in [0.717, 1.165) is 12.8 Å². The normalized spacial score (nSPS) is 24.5. The number of Topliss-reactive ketones (excluding diaryl/α,β-unsaturated/α-hetero) is 1. The van der Waals surface area contributed by atoms with Crippen LogP contribution >= 0.6 is 0 Å². The van der Waals surface area contributed by atoms with Crippen LogP contribution in [0.5, 0.6) is 11.8 Å². The average Bonchev–Trinajstić information content (AvgIpc) is 2.89. The number of ether oxygens (including phenoxy) is 3. The number of fused-ring (bicyclic) bond motifs is 2. The van der Waals surface area contributed by atoms with Crippen molar-refractivity contribution in [1.29, 1.82) is 0 Å². The van der Waals surface area contributed by atoms with Gasteiger partial charge in [-0.1, -0.05) is 0 Å². The van der Waals surface area contributed by atoms with Crippen molar-refractivity contribution in [2.24, 2.45) is 5.92 Å². The van der Waals surface area contributed by atoms with Gasteiger partial charge in [0.15, 0.2) is 5.78 Å². The molecule has 2 atom stereocenters. The van der Waals surface area contributed by atoms with Gasteiger partial charge in [0.2, 0.25) is 11.8 Å². The molecule has 2 aliphatic rings. The van der Waals surface area contributed by atoms with E-state index in [4.69, 9.17) is 14.2 Å². The molecular formula is C20H28N2O5. The highest BCUT2D eigenvalue weighted by Gasteiger charge is 2.46. The van der Waals surface area contributed by atoms with Crippen molar-refractivity contribution in [2.75, 3.05) is 14.2 Å². The van der Waals surface area contributed by atoms with Crippen LogP contribution in [-0.4, -0.2) is 53.7 Å². The first-order chi connectivity index (χ1) is 12.7. The number of hydrogen-bond acceptors (Lipinski definition) is 6. The van der Waals surface area contributed by atoms with Gasteiger partial charge in [0.05, 0.1) is 19.8 Å². The van der Waals surface area contributed by atoms with E-state index < -0.39 is 5.60 Å². The Balaban J connectivity index is 1.75. The van der Waals surface area contributed by atoms with Crippen molar-refractivity contribution in [3.8, 4) is 11.8 Å². The van der Waals surface area contributed by atoms with Gasteiger partial charge in [-0.2, -0.15) is 4.98 Å². The maximum absolute atomic E-state index is 13.1. The Morgan fingerprint density at radius 3 is 2.22 bits per heavy atom. The number of pyridine rings is 1. The van der Waals surface area contributed by atoms with Gasteiger partial charge in [-0.05, 0) is 52.5 Å². The first-order valence-corrected chi connectivity index (χ1v) is 9.38. The fraction of sp³-hybridized carbons (Fsp3) is 0.650. The molecule has 7 heteroatoms. The molecule has 3 heterocycles. The fourth-order valence-corrected chi connectivity index (χ4v) is 4.10. The number of aromatic nitrogens is 1. The lowest BCUT2D eigenvalue weighted by Crippen LogP contribution is -2.49. The van der Waals surface area contributed by atoms with Crippen LogP contribution in [0.1, 0.15) is 56.8 Å². The van der Waals surface area contributed by atoms with Crippen LogP contribution in [0.4, 0.5) is 4.79 Å². The zero-order chi connectivity index (χ0) is 19.8. The lowest BCUT2D eigenvalue weighted by Gasteiger charge is -2.39. The van der Waals surface area contributed by atoms with E-state index in [2.05, 4.69) is 4.98 Å². The largest absolute Gasteiger partial charge is 0.481 e. The Bertz CT molecular complexity index is 714. The fourth-order valence-electron chi connectivity index (χ4n) is 4.10. The average molecular weight is 376 g/mol. The van der Waals surface area contributed by atoms with Gasteiger partial charge < -0.3 is 19.1 Å². The molecule has 0 N–H and O–H groups in total. The number of carbonyl (C=O) groups excluding carboxylic acids is 2. The van der Waals surface area contributed by atoms with Crippen LogP contribution < -0.4 is 9.47 Å². The highest BCUT2D eigenvalue weighted by molar-refractivity contribution is 6.00. The summed E-state index contributed by atoms with van der Waals surface area (Å²) in [7, 11) is 3.01. The topological polar surface area (TPSA) is 78.0 Å². The summed E-state index contributed by atoms with van der Waals surface area (Å²) in [6, 6.07) is 3.46. The molecule has 148 valence electrons. The molecule has 0 spiro atoms. The lowest BCUT2D eigenvalue weighted by molar-refractivity contribution is 0.00251. The van der Waals surface area contributed by atoms with Gasteiger partial charge in [0.25, 0.3) is 0 Å². The second kappa shape index (κ2) is 7.37. The maximum Gasteiger partial charge on any atom is 0.410 e. The van der Waals surface area contributed by atoms with Crippen molar-refractivity contribution < 1.29 is 23.8 Å². The van der Waals surface area contributed by atoms with Gasteiger partial charge in [-0.25, -0.2) is 4.79 Å². The predicted octanol–water partition coefficient (Wildman–Crippen LogP) is 3.46.